The first-order valence-corrected chi connectivity index (χ1v) is 29.4. The van der Waals surface area contributed by atoms with Crippen molar-refractivity contribution < 1.29 is 24.5 Å². The molecular weight excluding hydrogens is 827 g/mol. The number of aliphatic hydroxyl groups is 2. The number of ether oxygens (including phenoxy) is 1. The van der Waals surface area contributed by atoms with Crippen LogP contribution in [0.3, 0.4) is 0 Å². The van der Waals surface area contributed by atoms with Gasteiger partial charge < -0.3 is 20.3 Å². The number of nitrogens with one attached hydrogen (secondary N) is 1. The first-order chi connectivity index (χ1) is 33.0. The van der Waals surface area contributed by atoms with Crippen LogP contribution in [0.4, 0.5) is 0 Å². The summed E-state index contributed by atoms with van der Waals surface area (Å²) in [6, 6.07) is -0.632. The maximum Gasteiger partial charge on any atom is 0.305 e. The summed E-state index contributed by atoms with van der Waals surface area (Å²) in [5.74, 6) is -0.0767. The molecule has 0 saturated heterocycles. The average Bonchev–Trinajstić information content (AvgIpc) is 3.33. The Bertz CT molecular complexity index is 1130. The van der Waals surface area contributed by atoms with Crippen molar-refractivity contribution in [2.45, 2.75) is 315 Å². The summed E-state index contributed by atoms with van der Waals surface area (Å²) < 4.78 is 5.46. The Balaban J connectivity index is 3.45. The van der Waals surface area contributed by atoms with Gasteiger partial charge in [0.15, 0.2) is 0 Å². The van der Waals surface area contributed by atoms with Crippen LogP contribution < -0.4 is 5.32 Å². The van der Waals surface area contributed by atoms with Crippen LogP contribution in [0.5, 0.6) is 0 Å². The molecule has 0 aliphatic heterocycles. The average molecular weight is 941 g/mol. The first kappa shape index (κ1) is 64.8. The van der Waals surface area contributed by atoms with Crippen LogP contribution in [-0.2, 0) is 14.3 Å². The van der Waals surface area contributed by atoms with Gasteiger partial charge in [-0.15, -0.1) is 0 Å². The van der Waals surface area contributed by atoms with Crippen molar-refractivity contribution in [3.63, 3.8) is 0 Å². The van der Waals surface area contributed by atoms with Crippen molar-refractivity contribution in [2.75, 3.05) is 13.2 Å². The third-order valence-corrected chi connectivity index (χ3v) is 13.3. The van der Waals surface area contributed by atoms with E-state index in [2.05, 4.69) is 55.6 Å². The zero-order chi connectivity index (χ0) is 48.6. The highest BCUT2D eigenvalue weighted by molar-refractivity contribution is 5.76. The molecule has 3 N–H and O–H groups in total. The molecule has 2 unspecified atom stereocenters. The summed E-state index contributed by atoms with van der Waals surface area (Å²) in [6.45, 7) is 4.87. The predicted molar refractivity (Wildman–Crippen MR) is 292 cm³/mol. The highest BCUT2D eigenvalue weighted by Crippen LogP contribution is 2.16. The standard InChI is InChI=1S/C61H113NO5/c1-3-5-7-9-11-13-15-30-35-39-43-47-51-55-61(66)67-56-52-48-44-40-36-32-29-27-25-23-21-19-17-18-20-22-24-26-28-31-34-38-42-46-50-54-60(65)62-58(57-63)59(64)53-49-45-41-37-33-16-14-12-10-8-6-4-2/h13,15,18-21,49,53,58-59,63-64H,3-12,14,16-17,22-48,50-52,54-57H2,1-2H3,(H,62,65)/b15-13-,20-18-,21-19-,53-49+. The molecule has 0 rings (SSSR count). The largest absolute Gasteiger partial charge is 0.466 e. The molecule has 2 atom stereocenters. The molecular formula is C61H113NO5. The maximum absolute atomic E-state index is 12.4. The number of hydrogen-bond acceptors (Lipinski definition) is 5. The molecule has 0 aromatic rings. The number of aliphatic hydroxyl groups excluding tert-OH is 2. The van der Waals surface area contributed by atoms with E-state index < -0.39 is 12.1 Å². The summed E-state index contributed by atoms with van der Waals surface area (Å²) in [6.07, 6.45) is 71.4. The lowest BCUT2D eigenvalue weighted by Gasteiger charge is -2.20. The minimum Gasteiger partial charge on any atom is -0.466 e. The molecule has 0 bridgehead atoms. The number of hydrogen-bond donors (Lipinski definition) is 3. The molecule has 6 nitrogen and oxygen atoms in total. The predicted octanol–water partition coefficient (Wildman–Crippen LogP) is 18.2. The monoisotopic (exact) mass is 940 g/mol. The van der Waals surface area contributed by atoms with Crippen LogP contribution in [0.2, 0.25) is 0 Å². The van der Waals surface area contributed by atoms with Crippen LogP contribution in [-0.4, -0.2) is 47.4 Å². The van der Waals surface area contributed by atoms with Crippen molar-refractivity contribution in [1.29, 1.82) is 0 Å². The first-order valence-electron chi connectivity index (χ1n) is 29.4. The van der Waals surface area contributed by atoms with Gasteiger partial charge in [-0.2, -0.15) is 0 Å². The smallest absolute Gasteiger partial charge is 0.305 e. The molecule has 67 heavy (non-hydrogen) atoms. The Morgan fingerprint density at radius 2 is 0.746 bits per heavy atom. The molecule has 0 fully saturated rings. The minimum absolute atomic E-state index is 0.00134. The normalized spacial score (nSPS) is 13.0. The zero-order valence-electron chi connectivity index (χ0n) is 44.6. The molecule has 0 aromatic heterocycles. The van der Waals surface area contributed by atoms with Gasteiger partial charge in [0.1, 0.15) is 0 Å². The van der Waals surface area contributed by atoms with E-state index >= 15 is 0 Å². The third-order valence-electron chi connectivity index (χ3n) is 13.3. The Morgan fingerprint density at radius 3 is 1.16 bits per heavy atom. The molecule has 6 heteroatoms. The lowest BCUT2D eigenvalue weighted by atomic mass is 10.0. The molecule has 392 valence electrons. The Morgan fingerprint density at radius 1 is 0.418 bits per heavy atom. The topological polar surface area (TPSA) is 95.9 Å². The van der Waals surface area contributed by atoms with E-state index in [0.717, 1.165) is 51.4 Å². The van der Waals surface area contributed by atoms with Crippen LogP contribution in [0.25, 0.3) is 0 Å². The lowest BCUT2D eigenvalue weighted by molar-refractivity contribution is -0.143. The van der Waals surface area contributed by atoms with Crippen molar-refractivity contribution in [3.8, 4) is 0 Å². The number of esters is 1. The van der Waals surface area contributed by atoms with Crippen LogP contribution in [0.1, 0.15) is 303 Å². The van der Waals surface area contributed by atoms with E-state index in [1.165, 1.54) is 225 Å². The molecule has 0 radical (unpaired) electrons. The molecule has 0 heterocycles. The molecule has 0 aliphatic carbocycles. The van der Waals surface area contributed by atoms with Crippen LogP contribution in [0.15, 0.2) is 48.6 Å². The van der Waals surface area contributed by atoms with Gasteiger partial charge in [-0.3, -0.25) is 9.59 Å². The summed E-state index contributed by atoms with van der Waals surface area (Å²) in [4.78, 5) is 24.4. The van der Waals surface area contributed by atoms with E-state index in [1.54, 1.807) is 6.08 Å². The summed E-state index contributed by atoms with van der Waals surface area (Å²) in [5, 5.41) is 23.0. The SMILES string of the molecule is CCCCCC/C=C\CCCCCCCC(=O)OCCCCCCCCCCC/C=C\C/C=C\CCCCCCCCCCCC(=O)NC(CO)C(O)/C=C/CCCCCCCCCCCC. The van der Waals surface area contributed by atoms with Gasteiger partial charge in [0, 0.05) is 12.8 Å². The number of allylic oxidation sites excluding steroid dienone is 7. The quantitative estimate of drug-likeness (QED) is 0.0321. The zero-order valence-corrected chi connectivity index (χ0v) is 44.6. The van der Waals surface area contributed by atoms with Crippen molar-refractivity contribution in [1.82, 2.24) is 5.32 Å². The number of carbonyl (C=O) groups is 2. The highest BCUT2D eigenvalue weighted by atomic mass is 16.5. The fraction of sp³-hybridized carbons (Fsp3) is 0.836. The second-order valence-corrected chi connectivity index (χ2v) is 20.0. The van der Waals surface area contributed by atoms with Crippen molar-refractivity contribution in [3.05, 3.63) is 48.6 Å². The van der Waals surface area contributed by atoms with Crippen molar-refractivity contribution in [2.24, 2.45) is 0 Å². The Labute approximate surface area is 416 Å². The number of amides is 1. The fourth-order valence-electron chi connectivity index (χ4n) is 8.78. The van der Waals surface area contributed by atoms with E-state index in [1.807, 2.05) is 6.08 Å². The fourth-order valence-corrected chi connectivity index (χ4v) is 8.78. The number of rotatable bonds is 54. The van der Waals surface area contributed by atoms with E-state index in [4.69, 9.17) is 4.74 Å². The second kappa shape index (κ2) is 56.4. The minimum atomic E-state index is -0.848. The molecule has 0 aliphatic rings. The molecule has 1 amide bonds. The van der Waals surface area contributed by atoms with E-state index in [-0.39, 0.29) is 18.5 Å². The van der Waals surface area contributed by atoms with Gasteiger partial charge in [-0.25, -0.2) is 0 Å². The third kappa shape index (κ3) is 53.0. The van der Waals surface area contributed by atoms with Crippen molar-refractivity contribution >= 4 is 11.9 Å². The Hall–Kier alpha value is -2.18. The van der Waals surface area contributed by atoms with Gasteiger partial charge >= 0.3 is 5.97 Å². The van der Waals surface area contributed by atoms with Gasteiger partial charge in [-0.1, -0.05) is 249 Å². The molecule has 0 spiro atoms. The molecule has 0 aromatic carbocycles. The second-order valence-electron chi connectivity index (χ2n) is 20.0. The number of unbranched alkanes of at least 4 members (excludes halogenated alkanes) is 37. The summed E-state index contributed by atoms with van der Waals surface area (Å²) in [7, 11) is 0. The van der Waals surface area contributed by atoms with Gasteiger partial charge in [-0.05, 0) is 89.9 Å². The van der Waals surface area contributed by atoms with E-state index in [9.17, 15) is 19.8 Å². The maximum atomic E-state index is 12.4. The van der Waals surface area contributed by atoms with Crippen LogP contribution in [0, 0.1) is 0 Å². The van der Waals surface area contributed by atoms with Gasteiger partial charge in [0.25, 0.3) is 0 Å². The van der Waals surface area contributed by atoms with Gasteiger partial charge in [0.2, 0.25) is 5.91 Å². The Kier molecular flexibility index (Phi) is 54.6. The van der Waals surface area contributed by atoms with Gasteiger partial charge in [0.05, 0.1) is 25.4 Å². The summed E-state index contributed by atoms with van der Waals surface area (Å²) >= 11 is 0. The number of carbonyl (C=O) groups excluding carboxylic acids is 2. The summed E-state index contributed by atoms with van der Waals surface area (Å²) in [5.41, 5.74) is 0. The lowest BCUT2D eigenvalue weighted by Crippen LogP contribution is -2.45. The van der Waals surface area contributed by atoms with Crippen LogP contribution >= 0.6 is 0 Å². The molecule has 0 saturated carbocycles. The highest BCUT2D eigenvalue weighted by Gasteiger charge is 2.18. The van der Waals surface area contributed by atoms with E-state index in [0.29, 0.717) is 19.4 Å².